The summed E-state index contributed by atoms with van der Waals surface area (Å²) in [5.41, 5.74) is 4.71. The molecule has 0 atom stereocenters. The van der Waals surface area contributed by atoms with E-state index < -0.39 is 0 Å². The van der Waals surface area contributed by atoms with Gasteiger partial charge in [-0.1, -0.05) is 28.9 Å². The Kier molecular flexibility index (Phi) is 4.80. The Labute approximate surface area is 165 Å². The van der Waals surface area contributed by atoms with Crippen molar-refractivity contribution in [2.75, 3.05) is 11.5 Å². The number of azo groups is 1. The first kappa shape index (κ1) is 17.6. The van der Waals surface area contributed by atoms with Crippen LogP contribution in [-0.2, 0) is 6.42 Å². The maximum atomic E-state index is 10.9. The van der Waals surface area contributed by atoms with Crippen LogP contribution in [0.4, 0.5) is 11.4 Å². The maximum Gasteiger partial charge on any atom is 0.221 e. The summed E-state index contributed by atoms with van der Waals surface area (Å²) < 4.78 is 3.07. The second-order valence-corrected chi connectivity index (χ2v) is 8.50. The molecule has 2 aromatic carbocycles. The van der Waals surface area contributed by atoms with Crippen molar-refractivity contribution in [1.29, 1.82) is 0 Å². The first-order valence-corrected chi connectivity index (χ1v) is 10.6. The number of benzene rings is 2. The van der Waals surface area contributed by atoms with Gasteiger partial charge in [0.05, 0.1) is 17.2 Å². The lowest BCUT2D eigenvalue weighted by molar-refractivity contribution is 0.406. The van der Waals surface area contributed by atoms with E-state index in [4.69, 9.17) is 0 Å². The fourth-order valence-electron chi connectivity index (χ4n) is 3.19. The molecule has 4 rings (SSSR count). The van der Waals surface area contributed by atoms with Gasteiger partial charge in [-0.2, -0.15) is 16.9 Å². The highest BCUT2D eigenvalue weighted by Gasteiger charge is 2.27. The van der Waals surface area contributed by atoms with Gasteiger partial charge in [-0.15, -0.1) is 5.11 Å². The zero-order valence-corrected chi connectivity index (χ0v) is 17.1. The van der Waals surface area contributed by atoms with Gasteiger partial charge in [0, 0.05) is 21.4 Å². The van der Waals surface area contributed by atoms with Crippen LogP contribution in [0.1, 0.15) is 24.1 Å². The number of aromatic hydroxyl groups is 1. The number of aryl methyl sites for hydroxylation is 2. The number of aromatic nitrogens is 1. The van der Waals surface area contributed by atoms with Crippen molar-refractivity contribution in [2.24, 2.45) is 10.2 Å². The minimum Gasteiger partial charge on any atom is -0.493 e. The van der Waals surface area contributed by atoms with Crippen molar-refractivity contribution in [3.05, 3.63) is 52.0 Å². The molecular formula is C20H20BrN3OS. The van der Waals surface area contributed by atoms with E-state index in [0.717, 1.165) is 44.6 Å². The number of thioether (sulfide) groups is 1. The Morgan fingerprint density at radius 1 is 1.19 bits per heavy atom. The fourth-order valence-corrected chi connectivity index (χ4v) is 4.18. The monoisotopic (exact) mass is 429 g/mol. The van der Waals surface area contributed by atoms with Gasteiger partial charge in [-0.25, -0.2) is 0 Å². The van der Waals surface area contributed by atoms with Gasteiger partial charge in [-0.05, 0) is 54.8 Å². The van der Waals surface area contributed by atoms with Crippen LogP contribution in [0.3, 0.4) is 0 Å². The van der Waals surface area contributed by atoms with E-state index in [1.807, 2.05) is 41.5 Å². The molecule has 3 aromatic rings. The molecule has 0 amide bonds. The van der Waals surface area contributed by atoms with Crippen molar-refractivity contribution < 1.29 is 5.11 Å². The third-order valence-electron chi connectivity index (χ3n) is 4.82. The Morgan fingerprint density at radius 3 is 2.65 bits per heavy atom. The lowest BCUT2D eigenvalue weighted by atomic mass is 10.1. The first-order chi connectivity index (χ1) is 12.6. The minimum absolute atomic E-state index is 0.219. The molecule has 0 bridgehead atoms. The zero-order valence-electron chi connectivity index (χ0n) is 14.7. The van der Waals surface area contributed by atoms with Crippen molar-refractivity contribution in [3.8, 4) is 5.88 Å². The molecule has 0 aliphatic carbocycles. The molecule has 1 aromatic heterocycles. The van der Waals surface area contributed by atoms with Gasteiger partial charge in [0.2, 0.25) is 5.88 Å². The highest BCUT2D eigenvalue weighted by Crippen LogP contribution is 2.45. The average Bonchev–Trinajstić information content (AvgIpc) is 2.86. The smallest absolute Gasteiger partial charge is 0.221 e. The molecule has 1 aliphatic rings. The lowest BCUT2D eigenvalue weighted by Crippen LogP contribution is -2.22. The SMILES string of the molecule is CCc1ccc2c(c1)c(N=Nc1ccc(Br)c(C)c1)c(O)n2C1CSC1. The van der Waals surface area contributed by atoms with Crippen LogP contribution >= 0.6 is 27.7 Å². The molecule has 0 radical (unpaired) electrons. The topological polar surface area (TPSA) is 49.9 Å². The number of nitrogens with zero attached hydrogens (tertiary/aromatic N) is 3. The summed E-state index contributed by atoms with van der Waals surface area (Å²) in [6.07, 6.45) is 0.948. The number of hydrogen-bond acceptors (Lipinski definition) is 4. The van der Waals surface area contributed by atoms with E-state index in [-0.39, 0.29) is 5.88 Å². The second kappa shape index (κ2) is 7.08. The van der Waals surface area contributed by atoms with E-state index >= 15 is 0 Å². The Balaban J connectivity index is 1.83. The third kappa shape index (κ3) is 3.05. The van der Waals surface area contributed by atoms with Crippen LogP contribution in [0, 0.1) is 6.92 Å². The van der Waals surface area contributed by atoms with Crippen molar-refractivity contribution in [2.45, 2.75) is 26.3 Å². The largest absolute Gasteiger partial charge is 0.493 e. The maximum absolute atomic E-state index is 10.9. The fraction of sp³-hybridized carbons (Fsp3) is 0.300. The van der Waals surface area contributed by atoms with Crippen LogP contribution in [0.25, 0.3) is 10.9 Å². The molecule has 0 saturated carbocycles. The Bertz CT molecular complexity index is 1010. The summed E-state index contributed by atoms with van der Waals surface area (Å²) in [5.74, 6) is 2.26. The van der Waals surface area contributed by atoms with Gasteiger partial charge in [-0.3, -0.25) is 0 Å². The molecule has 4 nitrogen and oxygen atoms in total. The standard InChI is InChI=1S/C20H20BrN3OS/c1-3-13-4-7-18-16(9-13)19(20(25)24(18)15-10-26-11-15)23-22-14-5-6-17(21)12(2)8-14/h4-9,15,25H,3,10-11H2,1-2H3. The quantitative estimate of drug-likeness (QED) is 0.469. The van der Waals surface area contributed by atoms with Gasteiger partial charge in [0.15, 0.2) is 5.69 Å². The first-order valence-electron chi connectivity index (χ1n) is 8.70. The molecule has 6 heteroatoms. The van der Waals surface area contributed by atoms with E-state index in [1.54, 1.807) is 0 Å². The molecule has 26 heavy (non-hydrogen) atoms. The Hall–Kier alpha value is -1.79. The molecule has 0 spiro atoms. The number of rotatable bonds is 4. The Morgan fingerprint density at radius 2 is 2.00 bits per heavy atom. The van der Waals surface area contributed by atoms with Crippen LogP contribution in [0.5, 0.6) is 5.88 Å². The van der Waals surface area contributed by atoms with E-state index in [9.17, 15) is 5.11 Å². The highest BCUT2D eigenvalue weighted by atomic mass is 79.9. The van der Waals surface area contributed by atoms with Crippen molar-refractivity contribution in [3.63, 3.8) is 0 Å². The lowest BCUT2D eigenvalue weighted by Gasteiger charge is -2.27. The predicted octanol–water partition coefficient (Wildman–Crippen LogP) is 6.68. The summed E-state index contributed by atoms with van der Waals surface area (Å²) >= 11 is 5.40. The summed E-state index contributed by atoms with van der Waals surface area (Å²) in [6.45, 7) is 4.15. The molecule has 1 N–H and O–H groups in total. The number of hydrogen-bond donors (Lipinski definition) is 1. The molecule has 1 saturated heterocycles. The van der Waals surface area contributed by atoms with E-state index in [2.05, 4.69) is 51.3 Å². The normalized spacial score (nSPS) is 15.0. The van der Waals surface area contributed by atoms with Gasteiger partial charge in [0.25, 0.3) is 0 Å². The minimum atomic E-state index is 0.219. The van der Waals surface area contributed by atoms with Crippen LogP contribution < -0.4 is 0 Å². The predicted molar refractivity (Wildman–Crippen MR) is 112 cm³/mol. The molecule has 1 fully saturated rings. The molecule has 1 aliphatic heterocycles. The summed E-state index contributed by atoms with van der Waals surface area (Å²) in [4.78, 5) is 0. The molecule has 134 valence electrons. The summed E-state index contributed by atoms with van der Waals surface area (Å²) in [5, 5.41) is 20.7. The zero-order chi connectivity index (χ0) is 18.3. The highest BCUT2D eigenvalue weighted by molar-refractivity contribution is 9.10. The van der Waals surface area contributed by atoms with Crippen molar-refractivity contribution >= 4 is 50.0 Å². The summed E-state index contributed by atoms with van der Waals surface area (Å²) in [7, 11) is 0. The number of fused-ring (bicyclic) bond motifs is 1. The van der Waals surface area contributed by atoms with Crippen LogP contribution in [0.2, 0.25) is 0 Å². The third-order valence-corrected chi connectivity index (χ3v) is 6.95. The molecular weight excluding hydrogens is 410 g/mol. The van der Waals surface area contributed by atoms with Crippen LogP contribution in [-0.4, -0.2) is 21.2 Å². The van der Waals surface area contributed by atoms with Gasteiger partial charge in [0.1, 0.15) is 0 Å². The van der Waals surface area contributed by atoms with Gasteiger partial charge >= 0.3 is 0 Å². The molecule has 0 unspecified atom stereocenters. The molecule has 2 heterocycles. The van der Waals surface area contributed by atoms with Crippen molar-refractivity contribution in [1.82, 2.24) is 4.57 Å². The number of halogens is 1. The average molecular weight is 430 g/mol. The van der Waals surface area contributed by atoms with Gasteiger partial charge < -0.3 is 9.67 Å². The van der Waals surface area contributed by atoms with E-state index in [0.29, 0.717) is 11.7 Å². The summed E-state index contributed by atoms with van der Waals surface area (Å²) in [6, 6.07) is 12.5. The van der Waals surface area contributed by atoms with Crippen LogP contribution in [0.15, 0.2) is 51.1 Å². The van der Waals surface area contributed by atoms with E-state index in [1.165, 1.54) is 5.56 Å². The second-order valence-electron chi connectivity index (χ2n) is 6.57.